The van der Waals surface area contributed by atoms with Crippen LogP contribution in [0.3, 0.4) is 0 Å². The molecule has 0 saturated heterocycles. The second kappa shape index (κ2) is 13.2. The predicted molar refractivity (Wildman–Crippen MR) is 147 cm³/mol. The molecule has 42 heavy (non-hydrogen) atoms. The zero-order valence-electron chi connectivity index (χ0n) is 21.2. The summed E-state index contributed by atoms with van der Waals surface area (Å²) in [6.07, 6.45) is -3.20. The molecular weight excluding hydrogens is 601 g/mol. The van der Waals surface area contributed by atoms with E-state index in [1.54, 1.807) is 0 Å². The second-order valence-electron chi connectivity index (χ2n) is 8.88. The fourth-order valence-electron chi connectivity index (χ4n) is 3.57. The molecule has 0 aromatic heterocycles. The van der Waals surface area contributed by atoms with Gasteiger partial charge in [-0.05, 0) is 53.1 Å². The number of halogens is 2. The van der Waals surface area contributed by atoms with E-state index in [-0.39, 0.29) is 49.7 Å². The number of hydrogen-bond acceptors (Lipinski definition) is 11. The fraction of sp³-hybridized carbons (Fsp3) is 0.192. The van der Waals surface area contributed by atoms with Crippen molar-refractivity contribution in [3.8, 4) is 28.7 Å². The average molecular weight is 626 g/mol. The Kier molecular flexibility index (Phi) is 10.2. The maximum absolute atomic E-state index is 11.6. The van der Waals surface area contributed by atoms with Gasteiger partial charge in [0.2, 0.25) is 5.75 Å². The lowest BCUT2D eigenvalue weighted by Crippen LogP contribution is -2.36. The third kappa shape index (κ3) is 7.18. The number of benzene rings is 3. The van der Waals surface area contributed by atoms with Crippen LogP contribution in [0.25, 0.3) is 0 Å². The Labute approximate surface area is 247 Å². The monoisotopic (exact) mass is 625 g/mol. The second-order valence-corrected chi connectivity index (χ2v) is 9.70. The van der Waals surface area contributed by atoms with Gasteiger partial charge in [-0.3, -0.25) is 14.4 Å². The third-order valence-corrected chi connectivity index (χ3v) is 6.56. The van der Waals surface area contributed by atoms with E-state index in [0.29, 0.717) is 0 Å². The van der Waals surface area contributed by atoms with Crippen LogP contribution in [-0.4, -0.2) is 60.6 Å². The van der Waals surface area contributed by atoms with Gasteiger partial charge in [0.1, 0.15) is 41.8 Å². The number of phenols is 1. The predicted octanol–water partition coefficient (Wildman–Crippen LogP) is 2.26. The average Bonchev–Trinajstić information content (AvgIpc) is 2.94. The molecule has 0 radical (unpaired) electrons. The first-order valence-corrected chi connectivity index (χ1v) is 12.5. The molecule has 0 unspecified atom stereocenters. The molecule has 3 rings (SSSR count). The fourth-order valence-corrected chi connectivity index (χ4v) is 4.02. The Morgan fingerprint density at radius 2 is 1.00 bits per heavy atom. The van der Waals surface area contributed by atoms with Crippen LogP contribution in [0.15, 0.2) is 48.5 Å². The van der Waals surface area contributed by atoms with Gasteiger partial charge in [-0.25, -0.2) is 0 Å². The standard InChI is InChI=1S/C26H25Cl2N3O11/c27-12-5-9(21(32)19(30)25(37)38)1-3-14(12)41-16-7-11(18(29)24(35)36)8-17(23(16)34)42-15-4-2-10(6-13(15)28)22(33)20(31)26(39)40/h1-8,18-22,32-34H,29-31H2,(H,35,36)(H,37,38)(H,39,40)/t18-,19+,20+,21-,22-/m1/s1. The third-order valence-electron chi connectivity index (χ3n) is 5.97. The van der Waals surface area contributed by atoms with Gasteiger partial charge in [0.25, 0.3) is 0 Å². The SMILES string of the molecule is N[C@H](C(=O)O)[C@H](O)c1ccc(Oc2cc([C@@H](N)C(=O)O)cc(Oc3ccc([C@@H](O)[C@H](N)C(=O)O)cc3Cl)c2O)c(Cl)c1. The quantitative estimate of drug-likeness (QED) is 0.140. The first kappa shape index (κ1) is 32.4. The maximum atomic E-state index is 11.6. The number of ether oxygens (including phenoxy) is 2. The molecule has 0 spiro atoms. The number of carboxylic acid groups (broad SMARTS) is 3. The van der Waals surface area contributed by atoms with Gasteiger partial charge in [-0.2, -0.15) is 0 Å². The van der Waals surface area contributed by atoms with Gasteiger partial charge in [-0.15, -0.1) is 0 Å². The highest BCUT2D eigenvalue weighted by Crippen LogP contribution is 2.45. The number of rotatable bonds is 12. The molecule has 224 valence electrons. The summed E-state index contributed by atoms with van der Waals surface area (Å²) in [6, 6.07) is 4.83. The molecule has 0 bridgehead atoms. The Morgan fingerprint density at radius 3 is 1.31 bits per heavy atom. The van der Waals surface area contributed by atoms with Crippen molar-refractivity contribution in [3.63, 3.8) is 0 Å². The highest BCUT2D eigenvalue weighted by molar-refractivity contribution is 6.32. The van der Waals surface area contributed by atoms with Crippen LogP contribution in [0, 0.1) is 0 Å². The molecular formula is C26H25Cl2N3O11. The van der Waals surface area contributed by atoms with E-state index in [2.05, 4.69) is 0 Å². The van der Waals surface area contributed by atoms with Crippen molar-refractivity contribution < 1.29 is 54.5 Å². The summed E-state index contributed by atoms with van der Waals surface area (Å²) in [7, 11) is 0. The number of nitrogens with two attached hydrogens (primary N) is 3. The van der Waals surface area contributed by atoms with Crippen molar-refractivity contribution in [1.29, 1.82) is 0 Å². The Hall–Kier alpha value is -4.15. The number of carbonyl (C=O) groups is 3. The first-order valence-electron chi connectivity index (χ1n) is 11.7. The summed E-state index contributed by atoms with van der Waals surface area (Å²) in [6.45, 7) is 0. The van der Waals surface area contributed by atoms with E-state index in [1.165, 1.54) is 36.4 Å². The van der Waals surface area contributed by atoms with Crippen molar-refractivity contribution in [3.05, 3.63) is 75.3 Å². The molecule has 0 fully saturated rings. The molecule has 16 heteroatoms. The van der Waals surface area contributed by atoms with Crippen LogP contribution in [0.5, 0.6) is 28.7 Å². The number of aromatic hydroxyl groups is 1. The van der Waals surface area contributed by atoms with Crippen LogP contribution in [0.1, 0.15) is 34.9 Å². The Morgan fingerprint density at radius 1 is 0.619 bits per heavy atom. The molecule has 12 N–H and O–H groups in total. The van der Waals surface area contributed by atoms with Crippen LogP contribution in [0.2, 0.25) is 10.0 Å². The molecule has 0 aliphatic carbocycles. The summed E-state index contributed by atoms with van der Waals surface area (Å²) in [5.74, 6) is -5.85. The van der Waals surface area contributed by atoms with Gasteiger partial charge < -0.3 is 57.3 Å². The smallest absolute Gasteiger partial charge is 0.325 e. The van der Waals surface area contributed by atoms with Crippen molar-refractivity contribution in [2.24, 2.45) is 17.2 Å². The van der Waals surface area contributed by atoms with Gasteiger partial charge in [0.05, 0.1) is 10.0 Å². The van der Waals surface area contributed by atoms with Crippen molar-refractivity contribution in [2.75, 3.05) is 0 Å². The van der Waals surface area contributed by atoms with E-state index in [1.807, 2.05) is 0 Å². The number of carboxylic acids is 3. The molecule has 5 atom stereocenters. The van der Waals surface area contributed by atoms with Crippen LogP contribution < -0.4 is 26.7 Å². The number of aliphatic hydroxyl groups is 2. The minimum atomic E-state index is -1.64. The van der Waals surface area contributed by atoms with Gasteiger partial charge in [0.15, 0.2) is 11.5 Å². The van der Waals surface area contributed by atoms with E-state index in [9.17, 15) is 34.8 Å². The van der Waals surface area contributed by atoms with Crippen LogP contribution >= 0.6 is 23.2 Å². The molecule has 14 nitrogen and oxygen atoms in total. The highest BCUT2D eigenvalue weighted by atomic mass is 35.5. The van der Waals surface area contributed by atoms with Gasteiger partial charge >= 0.3 is 17.9 Å². The minimum absolute atomic E-state index is 0.0599. The number of phenolic OH excluding ortho intramolecular Hbond substituents is 1. The van der Waals surface area contributed by atoms with Crippen molar-refractivity contribution in [2.45, 2.75) is 30.3 Å². The largest absolute Gasteiger partial charge is 0.502 e. The minimum Gasteiger partial charge on any atom is -0.502 e. The topological polar surface area (TPSA) is 269 Å². The number of aliphatic carboxylic acids is 3. The molecule has 3 aromatic carbocycles. The molecule has 3 aromatic rings. The van der Waals surface area contributed by atoms with E-state index in [0.717, 1.165) is 12.1 Å². The van der Waals surface area contributed by atoms with E-state index < -0.39 is 54.0 Å². The van der Waals surface area contributed by atoms with Gasteiger partial charge in [-0.1, -0.05) is 35.3 Å². The summed E-state index contributed by atoms with van der Waals surface area (Å²) >= 11 is 12.5. The molecule has 0 aliphatic heterocycles. The van der Waals surface area contributed by atoms with Gasteiger partial charge in [0, 0.05) is 0 Å². The molecule has 0 aliphatic rings. The summed E-state index contributed by atoms with van der Waals surface area (Å²) in [5, 5.41) is 58.5. The summed E-state index contributed by atoms with van der Waals surface area (Å²) < 4.78 is 11.4. The highest BCUT2D eigenvalue weighted by Gasteiger charge is 2.27. The lowest BCUT2D eigenvalue weighted by atomic mass is 10.0. The Bertz CT molecular complexity index is 1420. The molecule has 0 amide bonds. The zero-order valence-corrected chi connectivity index (χ0v) is 22.7. The summed E-state index contributed by atoms with van der Waals surface area (Å²) in [5.41, 5.74) is 16.7. The lowest BCUT2D eigenvalue weighted by Gasteiger charge is -2.19. The van der Waals surface area contributed by atoms with Crippen molar-refractivity contribution in [1.82, 2.24) is 0 Å². The normalized spacial score (nSPS) is 14.7. The molecule has 0 heterocycles. The van der Waals surface area contributed by atoms with Crippen LogP contribution in [-0.2, 0) is 14.4 Å². The van der Waals surface area contributed by atoms with Crippen LogP contribution in [0.4, 0.5) is 0 Å². The molecule has 0 saturated carbocycles. The van der Waals surface area contributed by atoms with Crippen molar-refractivity contribution >= 4 is 41.1 Å². The van der Waals surface area contributed by atoms with E-state index in [4.69, 9.17) is 60.1 Å². The number of aliphatic hydroxyl groups excluding tert-OH is 2. The lowest BCUT2D eigenvalue weighted by molar-refractivity contribution is -0.142. The first-order chi connectivity index (χ1) is 19.6. The zero-order chi connectivity index (χ0) is 31.5. The van der Waals surface area contributed by atoms with E-state index >= 15 is 0 Å². The number of hydrogen-bond donors (Lipinski definition) is 9. The summed E-state index contributed by atoms with van der Waals surface area (Å²) in [4.78, 5) is 33.7. The maximum Gasteiger partial charge on any atom is 0.325 e. The Balaban J connectivity index is 1.99.